The standard InChI is InChI=1S/C11H12BrNO4S2/c1-7-13(10(6-18-7)11(14)15)19(16,17)9-4-2-3-8(12)5-9/h2-5,7,10H,6H2,1H3,(H,14,15). The van der Waals surface area contributed by atoms with E-state index in [-0.39, 0.29) is 16.0 Å². The summed E-state index contributed by atoms with van der Waals surface area (Å²) in [5, 5.41) is 8.75. The molecule has 8 heteroatoms. The third-order valence-corrected chi connectivity index (χ3v) is 6.64. The molecule has 0 saturated carbocycles. The molecule has 1 saturated heterocycles. The van der Waals surface area contributed by atoms with Gasteiger partial charge in [-0.1, -0.05) is 22.0 Å². The van der Waals surface area contributed by atoms with E-state index in [1.807, 2.05) is 0 Å². The summed E-state index contributed by atoms with van der Waals surface area (Å²) >= 11 is 4.54. The highest BCUT2D eigenvalue weighted by atomic mass is 79.9. The molecular weight excluding hydrogens is 354 g/mol. The van der Waals surface area contributed by atoms with Crippen molar-refractivity contribution >= 4 is 43.7 Å². The molecule has 1 aliphatic heterocycles. The van der Waals surface area contributed by atoms with Gasteiger partial charge in [-0.25, -0.2) is 8.42 Å². The second-order valence-corrected chi connectivity index (χ2v) is 8.19. The average Bonchev–Trinajstić information content (AvgIpc) is 2.72. The zero-order valence-corrected chi connectivity index (χ0v) is 13.2. The first kappa shape index (κ1) is 14.8. The van der Waals surface area contributed by atoms with Gasteiger partial charge in [-0.05, 0) is 25.1 Å². The van der Waals surface area contributed by atoms with Crippen molar-refractivity contribution in [1.82, 2.24) is 4.31 Å². The lowest BCUT2D eigenvalue weighted by molar-refractivity contribution is -0.140. The lowest BCUT2D eigenvalue weighted by atomic mass is 10.3. The average molecular weight is 366 g/mol. The van der Waals surface area contributed by atoms with Crippen LogP contribution in [-0.2, 0) is 14.8 Å². The number of rotatable bonds is 3. The van der Waals surface area contributed by atoms with E-state index in [0.717, 1.165) is 4.31 Å². The minimum absolute atomic E-state index is 0.0995. The van der Waals surface area contributed by atoms with Gasteiger partial charge in [-0.2, -0.15) is 4.31 Å². The number of sulfonamides is 1. The van der Waals surface area contributed by atoms with Gasteiger partial charge in [0.25, 0.3) is 0 Å². The van der Waals surface area contributed by atoms with E-state index in [9.17, 15) is 13.2 Å². The zero-order chi connectivity index (χ0) is 14.2. The minimum Gasteiger partial charge on any atom is -0.480 e. The molecule has 104 valence electrons. The van der Waals surface area contributed by atoms with Gasteiger partial charge in [0.15, 0.2) is 0 Å². The molecule has 19 heavy (non-hydrogen) atoms. The third-order valence-electron chi connectivity index (χ3n) is 2.82. The van der Waals surface area contributed by atoms with Crippen molar-refractivity contribution in [2.24, 2.45) is 0 Å². The van der Waals surface area contributed by atoms with E-state index in [4.69, 9.17) is 5.11 Å². The molecule has 1 aromatic rings. The summed E-state index contributed by atoms with van der Waals surface area (Å²) < 4.78 is 26.8. The SMILES string of the molecule is CC1SCC(C(=O)O)N1S(=O)(=O)c1cccc(Br)c1. The van der Waals surface area contributed by atoms with Gasteiger partial charge < -0.3 is 5.11 Å². The molecule has 1 aromatic carbocycles. The van der Waals surface area contributed by atoms with Gasteiger partial charge in [0.1, 0.15) is 6.04 Å². The van der Waals surface area contributed by atoms with Crippen LogP contribution < -0.4 is 0 Å². The van der Waals surface area contributed by atoms with Crippen LogP contribution in [-0.4, -0.2) is 41.0 Å². The van der Waals surface area contributed by atoms with Crippen molar-refractivity contribution in [3.05, 3.63) is 28.7 Å². The maximum atomic E-state index is 12.5. The third kappa shape index (κ3) is 2.81. The molecular formula is C11H12BrNO4S2. The maximum Gasteiger partial charge on any atom is 0.322 e. The zero-order valence-electron chi connectivity index (χ0n) is 9.98. The first-order valence-corrected chi connectivity index (χ1v) is 8.75. The van der Waals surface area contributed by atoms with Crippen molar-refractivity contribution in [2.45, 2.75) is 23.2 Å². The number of aliphatic carboxylic acids is 1. The summed E-state index contributed by atoms with van der Waals surface area (Å²) in [6.45, 7) is 1.70. The highest BCUT2D eigenvalue weighted by Gasteiger charge is 2.44. The summed E-state index contributed by atoms with van der Waals surface area (Å²) in [7, 11) is -3.80. The number of carbonyl (C=O) groups is 1. The molecule has 5 nitrogen and oxygen atoms in total. The van der Waals surface area contributed by atoms with Crippen LogP contribution in [0, 0.1) is 0 Å². The number of hydrogen-bond donors (Lipinski definition) is 1. The van der Waals surface area contributed by atoms with E-state index in [0.29, 0.717) is 4.47 Å². The Morgan fingerprint density at radius 3 is 2.79 bits per heavy atom. The number of benzene rings is 1. The summed E-state index contributed by atoms with van der Waals surface area (Å²) in [6.07, 6.45) is 0. The van der Waals surface area contributed by atoms with Crippen LogP contribution in [0.25, 0.3) is 0 Å². The fraction of sp³-hybridized carbons (Fsp3) is 0.364. The predicted octanol–water partition coefficient (Wildman–Crippen LogP) is 1.99. The minimum atomic E-state index is -3.80. The van der Waals surface area contributed by atoms with Crippen LogP contribution in [0.2, 0.25) is 0 Å². The first-order chi connectivity index (χ1) is 8.84. The molecule has 2 unspecified atom stereocenters. The van der Waals surface area contributed by atoms with E-state index in [1.165, 1.54) is 23.9 Å². The van der Waals surface area contributed by atoms with Gasteiger partial charge in [-0.3, -0.25) is 4.79 Å². The lowest BCUT2D eigenvalue weighted by Crippen LogP contribution is -2.44. The molecule has 0 bridgehead atoms. The Hall–Kier alpha value is -0.570. The van der Waals surface area contributed by atoms with Gasteiger partial charge in [-0.15, -0.1) is 11.8 Å². The topological polar surface area (TPSA) is 74.7 Å². The van der Waals surface area contributed by atoms with Gasteiger partial charge in [0.05, 0.1) is 10.3 Å². The number of halogens is 1. The molecule has 0 aliphatic carbocycles. The van der Waals surface area contributed by atoms with E-state index < -0.39 is 22.0 Å². The molecule has 1 N–H and O–H groups in total. The lowest BCUT2D eigenvalue weighted by Gasteiger charge is -2.24. The van der Waals surface area contributed by atoms with Crippen molar-refractivity contribution in [2.75, 3.05) is 5.75 Å². The molecule has 0 aromatic heterocycles. The van der Waals surface area contributed by atoms with E-state index in [1.54, 1.807) is 19.1 Å². The Labute approximate surface area is 124 Å². The normalized spacial score (nSPS) is 24.5. The van der Waals surface area contributed by atoms with Gasteiger partial charge >= 0.3 is 5.97 Å². The molecule has 1 heterocycles. The van der Waals surface area contributed by atoms with Crippen LogP contribution >= 0.6 is 27.7 Å². The van der Waals surface area contributed by atoms with Crippen LogP contribution in [0.15, 0.2) is 33.6 Å². The Morgan fingerprint density at radius 1 is 1.53 bits per heavy atom. The molecule has 0 amide bonds. The fourth-order valence-electron chi connectivity index (χ4n) is 1.92. The molecule has 0 radical (unpaired) electrons. The Morgan fingerprint density at radius 2 is 2.21 bits per heavy atom. The van der Waals surface area contributed by atoms with Crippen molar-refractivity contribution in [3.63, 3.8) is 0 Å². The summed E-state index contributed by atoms with van der Waals surface area (Å²) in [5.74, 6) is -0.848. The number of nitrogens with zero attached hydrogens (tertiary/aromatic N) is 1. The van der Waals surface area contributed by atoms with Crippen LogP contribution in [0.4, 0.5) is 0 Å². The molecule has 2 atom stereocenters. The second kappa shape index (κ2) is 5.43. The predicted molar refractivity (Wildman–Crippen MR) is 76.5 cm³/mol. The number of thioether (sulfide) groups is 1. The Bertz CT molecular complexity index is 604. The second-order valence-electron chi connectivity index (χ2n) is 4.08. The van der Waals surface area contributed by atoms with Gasteiger partial charge in [0, 0.05) is 10.2 Å². The highest BCUT2D eigenvalue weighted by molar-refractivity contribution is 9.10. The van der Waals surface area contributed by atoms with Crippen molar-refractivity contribution in [3.8, 4) is 0 Å². The van der Waals surface area contributed by atoms with Crippen molar-refractivity contribution < 1.29 is 18.3 Å². The quantitative estimate of drug-likeness (QED) is 0.886. The largest absolute Gasteiger partial charge is 0.480 e. The summed E-state index contributed by atoms with van der Waals surface area (Å²) in [5.41, 5.74) is 0. The van der Waals surface area contributed by atoms with Crippen molar-refractivity contribution in [1.29, 1.82) is 0 Å². The fourth-order valence-corrected chi connectivity index (χ4v) is 5.81. The molecule has 0 spiro atoms. The monoisotopic (exact) mass is 365 g/mol. The highest BCUT2D eigenvalue weighted by Crippen LogP contribution is 2.34. The molecule has 2 rings (SSSR count). The Balaban J connectivity index is 2.46. The molecule has 1 fully saturated rings. The first-order valence-electron chi connectivity index (χ1n) is 5.47. The van der Waals surface area contributed by atoms with E-state index in [2.05, 4.69) is 15.9 Å². The number of carboxylic acid groups (broad SMARTS) is 1. The van der Waals surface area contributed by atoms with Gasteiger partial charge in [0.2, 0.25) is 10.0 Å². The summed E-state index contributed by atoms with van der Waals surface area (Å²) in [4.78, 5) is 11.3. The summed E-state index contributed by atoms with van der Waals surface area (Å²) in [6, 6.07) is 5.26. The van der Waals surface area contributed by atoms with E-state index >= 15 is 0 Å². The number of carboxylic acids is 1. The van der Waals surface area contributed by atoms with Crippen LogP contribution in [0.5, 0.6) is 0 Å². The van der Waals surface area contributed by atoms with Crippen LogP contribution in [0.1, 0.15) is 6.92 Å². The van der Waals surface area contributed by atoms with Crippen LogP contribution in [0.3, 0.4) is 0 Å². The molecule has 1 aliphatic rings. The maximum absolute atomic E-state index is 12.5. The smallest absolute Gasteiger partial charge is 0.322 e. The number of hydrogen-bond acceptors (Lipinski definition) is 4. The Kier molecular flexibility index (Phi) is 4.24.